The maximum atomic E-state index is 11.2. The first-order valence-corrected chi connectivity index (χ1v) is 5.98. The predicted octanol–water partition coefficient (Wildman–Crippen LogP) is 3.67. The molecule has 0 spiro atoms. The molecule has 0 radical (unpaired) electrons. The monoisotopic (exact) mass is 196 g/mol. The highest BCUT2D eigenvalue weighted by atomic mass is 16.1. The molecule has 0 bridgehead atoms. The second kappa shape index (κ2) is 4.46. The minimum absolute atomic E-state index is 0.00535. The van der Waals surface area contributed by atoms with Crippen molar-refractivity contribution in [2.75, 3.05) is 0 Å². The second-order valence-electron chi connectivity index (χ2n) is 5.59. The molecule has 1 aliphatic rings. The third kappa shape index (κ3) is 2.18. The van der Waals surface area contributed by atoms with Crippen molar-refractivity contribution < 1.29 is 4.79 Å². The van der Waals surface area contributed by atoms with Gasteiger partial charge in [-0.05, 0) is 43.4 Å². The van der Waals surface area contributed by atoms with Gasteiger partial charge < -0.3 is 4.79 Å². The summed E-state index contributed by atoms with van der Waals surface area (Å²) in [4.78, 5) is 11.2. The Morgan fingerprint density at radius 2 is 1.64 bits per heavy atom. The Hall–Kier alpha value is -0.330. The van der Waals surface area contributed by atoms with Crippen LogP contribution >= 0.6 is 0 Å². The lowest BCUT2D eigenvalue weighted by Crippen LogP contribution is -2.35. The summed E-state index contributed by atoms with van der Waals surface area (Å²) in [5.74, 6) is 2.14. The molecule has 0 heterocycles. The highest BCUT2D eigenvalue weighted by Crippen LogP contribution is 2.44. The second-order valence-corrected chi connectivity index (χ2v) is 5.59. The van der Waals surface area contributed by atoms with Crippen LogP contribution < -0.4 is 0 Å². The minimum atomic E-state index is 0.00535. The van der Waals surface area contributed by atoms with Gasteiger partial charge in [0.05, 0.1) is 0 Å². The maximum absolute atomic E-state index is 11.2. The number of aldehydes is 1. The fourth-order valence-electron chi connectivity index (χ4n) is 2.68. The van der Waals surface area contributed by atoms with Crippen LogP contribution in [-0.2, 0) is 4.79 Å². The van der Waals surface area contributed by atoms with Gasteiger partial charge in [0.2, 0.25) is 0 Å². The van der Waals surface area contributed by atoms with Crippen molar-refractivity contribution in [1.29, 1.82) is 0 Å². The summed E-state index contributed by atoms with van der Waals surface area (Å²) >= 11 is 0. The molecule has 0 aliphatic heterocycles. The van der Waals surface area contributed by atoms with Gasteiger partial charge in [0.15, 0.2) is 0 Å². The van der Waals surface area contributed by atoms with Crippen LogP contribution in [0.5, 0.6) is 0 Å². The average molecular weight is 196 g/mol. The third-order valence-electron chi connectivity index (χ3n) is 4.29. The molecular formula is C13H24O. The standard InChI is InChI=1S/C13H24O/c1-10(2)12-5-7-13(9-14,8-6-12)11(3)4/h9-12H,5-8H2,1-4H3. The zero-order chi connectivity index (χ0) is 10.8. The lowest BCUT2D eigenvalue weighted by atomic mass is 9.64. The van der Waals surface area contributed by atoms with E-state index in [2.05, 4.69) is 27.7 Å². The summed E-state index contributed by atoms with van der Waals surface area (Å²) in [5, 5.41) is 0. The Kier molecular flexibility index (Phi) is 3.74. The molecule has 1 heteroatoms. The van der Waals surface area contributed by atoms with Crippen molar-refractivity contribution in [2.24, 2.45) is 23.2 Å². The van der Waals surface area contributed by atoms with E-state index in [1.54, 1.807) is 0 Å². The molecule has 0 saturated heterocycles. The van der Waals surface area contributed by atoms with E-state index in [4.69, 9.17) is 0 Å². The van der Waals surface area contributed by atoms with Gasteiger partial charge in [-0.25, -0.2) is 0 Å². The van der Waals surface area contributed by atoms with Crippen LogP contribution in [0.4, 0.5) is 0 Å². The Balaban J connectivity index is 2.59. The van der Waals surface area contributed by atoms with Crippen LogP contribution in [0.1, 0.15) is 53.4 Å². The van der Waals surface area contributed by atoms with Crippen molar-refractivity contribution in [3.8, 4) is 0 Å². The van der Waals surface area contributed by atoms with E-state index in [9.17, 15) is 4.79 Å². The van der Waals surface area contributed by atoms with Gasteiger partial charge >= 0.3 is 0 Å². The summed E-state index contributed by atoms with van der Waals surface area (Å²) in [7, 11) is 0. The first kappa shape index (κ1) is 11.7. The molecule has 0 unspecified atom stereocenters. The van der Waals surface area contributed by atoms with E-state index in [1.807, 2.05) is 0 Å². The van der Waals surface area contributed by atoms with Crippen molar-refractivity contribution >= 4 is 6.29 Å². The number of rotatable bonds is 3. The quantitative estimate of drug-likeness (QED) is 0.629. The zero-order valence-corrected chi connectivity index (χ0v) is 10.0. The maximum Gasteiger partial charge on any atom is 0.126 e. The molecule has 0 aromatic heterocycles. The van der Waals surface area contributed by atoms with Crippen LogP contribution in [0.3, 0.4) is 0 Å². The van der Waals surface area contributed by atoms with E-state index in [0.717, 1.165) is 24.7 Å². The van der Waals surface area contributed by atoms with Gasteiger partial charge in [-0.1, -0.05) is 27.7 Å². The fourth-order valence-corrected chi connectivity index (χ4v) is 2.68. The lowest BCUT2D eigenvalue weighted by molar-refractivity contribution is -0.121. The van der Waals surface area contributed by atoms with Crippen molar-refractivity contribution in [3.05, 3.63) is 0 Å². The van der Waals surface area contributed by atoms with Crippen LogP contribution in [0.15, 0.2) is 0 Å². The third-order valence-corrected chi connectivity index (χ3v) is 4.29. The molecule has 1 nitrogen and oxygen atoms in total. The lowest BCUT2D eigenvalue weighted by Gasteiger charge is -2.40. The van der Waals surface area contributed by atoms with Crippen LogP contribution in [0.25, 0.3) is 0 Å². The predicted molar refractivity (Wildman–Crippen MR) is 60.1 cm³/mol. The van der Waals surface area contributed by atoms with Crippen molar-refractivity contribution in [1.82, 2.24) is 0 Å². The van der Waals surface area contributed by atoms with E-state index in [-0.39, 0.29) is 5.41 Å². The molecule has 1 aliphatic carbocycles. The molecule has 0 aromatic rings. The molecule has 0 N–H and O–H groups in total. The molecule has 0 amide bonds. The van der Waals surface area contributed by atoms with E-state index in [0.29, 0.717) is 5.92 Å². The Morgan fingerprint density at radius 3 is 1.93 bits per heavy atom. The first-order chi connectivity index (χ1) is 6.52. The first-order valence-electron chi connectivity index (χ1n) is 5.98. The number of carbonyl (C=O) groups is 1. The van der Waals surface area contributed by atoms with Crippen LogP contribution in [0.2, 0.25) is 0 Å². The molecule has 1 saturated carbocycles. The summed E-state index contributed by atoms with van der Waals surface area (Å²) in [5.41, 5.74) is 0.00535. The summed E-state index contributed by atoms with van der Waals surface area (Å²) in [6, 6.07) is 0. The normalized spacial score (nSPS) is 33.7. The molecular weight excluding hydrogens is 172 g/mol. The number of carbonyl (C=O) groups excluding carboxylic acids is 1. The van der Waals surface area contributed by atoms with Gasteiger partial charge in [0.25, 0.3) is 0 Å². The van der Waals surface area contributed by atoms with E-state index < -0.39 is 0 Å². The van der Waals surface area contributed by atoms with Gasteiger partial charge in [0, 0.05) is 5.41 Å². The molecule has 82 valence electrons. The topological polar surface area (TPSA) is 17.1 Å². The number of hydrogen-bond donors (Lipinski definition) is 0. The smallest absolute Gasteiger partial charge is 0.126 e. The van der Waals surface area contributed by atoms with E-state index in [1.165, 1.54) is 19.1 Å². The Morgan fingerprint density at radius 1 is 1.14 bits per heavy atom. The molecule has 1 rings (SSSR count). The summed E-state index contributed by atoms with van der Waals surface area (Å²) in [6.45, 7) is 8.97. The molecule has 1 fully saturated rings. The van der Waals surface area contributed by atoms with Gasteiger partial charge in [-0.3, -0.25) is 0 Å². The summed E-state index contributed by atoms with van der Waals surface area (Å²) in [6.07, 6.45) is 5.94. The molecule has 0 atom stereocenters. The van der Waals surface area contributed by atoms with Gasteiger partial charge in [-0.15, -0.1) is 0 Å². The Labute approximate surface area is 88.3 Å². The van der Waals surface area contributed by atoms with Crippen LogP contribution in [-0.4, -0.2) is 6.29 Å². The largest absolute Gasteiger partial charge is 0.303 e. The van der Waals surface area contributed by atoms with E-state index >= 15 is 0 Å². The minimum Gasteiger partial charge on any atom is -0.303 e. The highest BCUT2D eigenvalue weighted by molar-refractivity contribution is 5.60. The fraction of sp³-hybridized carbons (Fsp3) is 0.923. The average Bonchev–Trinajstić information content (AvgIpc) is 2.17. The highest BCUT2D eigenvalue weighted by Gasteiger charge is 2.38. The summed E-state index contributed by atoms with van der Waals surface area (Å²) < 4.78 is 0. The Bertz CT molecular complexity index is 185. The van der Waals surface area contributed by atoms with Crippen molar-refractivity contribution in [2.45, 2.75) is 53.4 Å². The zero-order valence-electron chi connectivity index (χ0n) is 10.0. The molecule has 0 aromatic carbocycles. The molecule has 14 heavy (non-hydrogen) atoms. The van der Waals surface area contributed by atoms with Crippen molar-refractivity contribution in [3.63, 3.8) is 0 Å². The SMILES string of the molecule is CC(C)C1CCC(C=O)(C(C)C)CC1. The number of hydrogen-bond acceptors (Lipinski definition) is 1. The van der Waals surface area contributed by atoms with Gasteiger partial charge in [0.1, 0.15) is 6.29 Å². The van der Waals surface area contributed by atoms with Gasteiger partial charge in [-0.2, -0.15) is 0 Å². The van der Waals surface area contributed by atoms with Crippen LogP contribution in [0, 0.1) is 23.2 Å².